The first-order valence-electron chi connectivity index (χ1n) is 8.01. The van der Waals surface area contributed by atoms with E-state index in [2.05, 4.69) is 49.9 Å². The zero-order chi connectivity index (χ0) is 15.0. The molecule has 0 saturated carbocycles. The molecule has 3 rings (SSSR count). The molecule has 1 aromatic carbocycles. The van der Waals surface area contributed by atoms with E-state index in [1.807, 2.05) is 6.07 Å². The summed E-state index contributed by atoms with van der Waals surface area (Å²) in [6, 6.07) is 6.34. The Morgan fingerprint density at radius 2 is 1.95 bits per heavy atom. The van der Waals surface area contributed by atoms with Crippen molar-refractivity contribution in [3.8, 4) is 0 Å². The van der Waals surface area contributed by atoms with Gasteiger partial charge in [0.15, 0.2) is 5.58 Å². The Morgan fingerprint density at radius 1 is 1.24 bits per heavy atom. The summed E-state index contributed by atoms with van der Waals surface area (Å²) in [5.41, 5.74) is 3.75. The lowest BCUT2D eigenvalue weighted by molar-refractivity contribution is 0.152. The van der Waals surface area contributed by atoms with Crippen molar-refractivity contribution < 1.29 is 4.52 Å². The maximum Gasteiger partial charge on any atom is 0.167 e. The number of piperidine rings is 1. The van der Waals surface area contributed by atoms with Crippen molar-refractivity contribution in [3.05, 3.63) is 29.5 Å². The summed E-state index contributed by atoms with van der Waals surface area (Å²) in [7, 11) is 0. The number of likely N-dealkylation sites (tertiary alicyclic amines) is 1. The highest BCUT2D eigenvalue weighted by atomic mass is 16.5. The minimum Gasteiger partial charge on any atom is -0.356 e. The first-order chi connectivity index (χ1) is 9.92. The molecule has 1 aliphatic rings. The lowest BCUT2D eigenvalue weighted by atomic mass is 9.89. The Kier molecular flexibility index (Phi) is 3.78. The van der Waals surface area contributed by atoms with Gasteiger partial charge in [0, 0.05) is 17.8 Å². The molecule has 0 N–H and O–H groups in total. The molecule has 2 aromatic rings. The zero-order valence-corrected chi connectivity index (χ0v) is 13.6. The van der Waals surface area contributed by atoms with Crippen LogP contribution in [0.3, 0.4) is 0 Å². The summed E-state index contributed by atoms with van der Waals surface area (Å²) in [5, 5.41) is 5.58. The van der Waals surface area contributed by atoms with E-state index in [0.29, 0.717) is 11.3 Å². The Bertz CT molecular complexity index is 616. The number of nitrogens with zero attached hydrogens (tertiary/aromatic N) is 2. The summed E-state index contributed by atoms with van der Waals surface area (Å²) in [6.45, 7) is 12.6. The summed E-state index contributed by atoms with van der Waals surface area (Å²) in [4.78, 5) is 2.59. The molecule has 2 heterocycles. The van der Waals surface area contributed by atoms with E-state index in [-0.39, 0.29) is 0 Å². The average Bonchev–Trinajstić information content (AvgIpc) is 2.81. The monoisotopic (exact) mass is 286 g/mol. The first kappa shape index (κ1) is 14.6. The van der Waals surface area contributed by atoms with Gasteiger partial charge >= 0.3 is 0 Å². The normalized spacial score (nSPS) is 18.5. The van der Waals surface area contributed by atoms with Gasteiger partial charge in [0.1, 0.15) is 0 Å². The van der Waals surface area contributed by atoms with Crippen molar-refractivity contribution in [1.82, 2.24) is 10.1 Å². The van der Waals surface area contributed by atoms with E-state index in [4.69, 9.17) is 4.52 Å². The molecule has 0 amide bonds. The van der Waals surface area contributed by atoms with Gasteiger partial charge in [0.2, 0.25) is 0 Å². The van der Waals surface area contributed by atoms with Crippen molar-refractivity contribution in [2.75, 3.05) is 19.6 Å². The smallest absolute Gasteiger partial charge is 0.167 e. The van der Waals surface area contributed by atoms with Gasteiger partial charge in [0.25, 0.3) is 0 Å². The van der Waals surface area contributed by atoms with E-state index < -0.39 is 0 Å². The summed E-state index contributed by atoms with van der Waals surface area (Å²) < 4.78 is 5.50. The van der Waals surface area contributed by atoms with Crippen LogP contribution in [0.4, 0.5) is 0 Å². The van der Waals surface area contributed by atoms with Crippen LogP contribution in [0.25, 0.3) is 11.0 Å². The highest BCUT2D eigenvalue weighted by Crippen LogP contribution is 2.33. The molecule has 1 saturated heterocycles. The highest BCUT2D eigenvalue weighted by molar-refractivity contribution is 5.80. The highest BCUT2D eigenvalue weighted by Gasteiger charge is 2.26. The van der Waals surface area contributed by atoms with E-state index in [1.165, 1.54) is 49.1 Å². The number of rotatable bonds is 2. The van der Waals surface area contributed by atoms with Gasteiger partial charge in [-0.2, -0.15) is 0 Å². The molecule has 1 aliphatic heterocycles. The second-order valence-electron chi connectivity index (χ2n) is 7.68. The standard InChI is InChI=1S/C18H26N2O/c1-13-5-6-16-15(11-13)17(19-21-16)14-7-9-20(10-8-14)12-18(2,3)4/h5-6,11,14H,7-10,12H2,1-4H3. The molecule has 0 bridgehead atoms. The average molecular weight is 286 g/mol. The Hall–Kier alpha value is -1.35. The Balaban J connectivity index is 1.72. The van der Waals surface area contributed by atoms with Gasteiger partial charge in [-0.1, -0.05) is 37.6 Å². The van der Waals surface area contributed by atoms with Gasteiger partial charge in [-0.05, 0) is 50.4 Å². The van der Waals surface area contributed by atoms with Crippen LogP contribution in [0.5, 0.6) is 0 Å². The van der Waals surface area contributed by atoms with Crippen molar-refractivity contribution in [2.45, 2.75) is 46.5 Å². The topological polar surface area (TPSA) is 29.3 Å². The quantitative estimate of drug-likeness (QED) is 0.821. The molecule has 3 nitrogen and oxygen atoms in total. The molecule has 114 valence electrons. The van der Waals surface area contributed by atoms with Crippen molar-refractivity contribution in [2.24, 2.45) is 5.41 Å². The number of hydrogen-bond acceptors (Lipinski definition) is 3. The number of hydrogen-bond donors (Lipinski definition) is 0. The van der Waals surface area contributed by atoms with Crippen LogP contribution in [0.1, 0.15) is 50.8 Å². The molecule has 1 aromatic heterocycles. The fraction of sp³-hybridized carbons (Fsp3) is 0.611. The Labute approximate surface area is 127 Å². The molecular weight excluding hydrogens is 260 g/mol. The van der Waals surface area contributed by atoms with Crippen molar-refractivity contribution >= 4 is 11.0 Å². The van der Waals surface area contributed by atoms with Gasteiger partial charge in [-0.15, -0.1) is 0 Å². The minimum absolute atomic E-state index is 0.379. The van der Waals surface area contributed by atoms with Crippen molar-refractivity contribution in [1.29, 1.82) is 0 Å². The third-order valence-corrected chi connectivity index (χ3v) is 4.33. The number of aryl methyl sites for hydroxylation is 1. The number of aromatic nitrogens is 1. The third kappa shape index (κ3) is 3.29. The van der Waals surface area contributed by atoms with E-state index in [9.17, 15) is 0 Å². The Morgan fingerprint density at radius 3 is 2.62 bits per heavy atom. The van der Waals surface area contributed by atoms with Crippen LogP contribution >= 0.6 is 0 Å². The zero-order valence-electron chi connectivity index (χ0n) is 13.6. The molecule has 1 fully saturated rings. The van der Waals surface area contributed by atoms with Gasteiger partial charge in [-0.3, -0.25) is 0 Å². The van der Waals surface area contributed by atoms with E-state index >= 15 is 0 Å². The molecule has 0 unspecified atom stereocenters. The molecule has 3 heteroatoms. The predicted octanol–water partition coefficient (Wildman–Crippen LogP) is 4.36. The molecule has 21 heavy (non-hydrogen) atoms. The van der Waals surface area contributed by atoms with Gasteiger partial charge < -0.3 is 9.42 Å². The predicted molar refractivity (Wildman–Crippen MR) is 86.6 cm³/mol. The molecule has 0 atom stereocenters. The van der Waals surface area contributed by atoms with Gasteiger partial charge in [0.05, 0.1) is 5.69 Å². The van der Waals surface area contributed by atoms with Crippen LogP contribution in [0, 0.1) is 12.3 Å². The van der Waals surface area contributed by atoms with E-state index in [1.54, 1.807) is 0 Å². The second-order valence-corrected chi connectivity index (χ2v) is 7.68. The molecule has 0 radical (unpaired) electrons. The molecular formula is C18H26N2O. The van der Waals surface area contributed by atoms with Crippen LogP contribution in [0.2, 0.25) is 0 Å². The van der Waals surface area contributed by atoms with Crippen LogP contribution in [0.15, 0.2) is 22.7 Å². The maximum absolute atomic E-state index is 5.50. The summed E-state index contributed by atoms with van der Waals surface area (Å²) in [6.07, 6.45) is 2.37. The number of fused-ring (bicyclic) bond motifs is 1. The van der Waals surface area contributed by atoms with E-state index in [0.717, 1.165) is 5.58 Å². The lowest BCUT2D eigenvalue weighted by Gasteiger charge is -2.35. The summed E-state index contributed by atoms with van der Waals surface area (Å²) in [5.74, 6) is 0.546. The van der Waals surface area contributed by atoms with Crippen LogP contribution in [-0.2, 0) is 0 Å². The molecule has 0 aliphatic carbocycles. The van der Waals surface area contributed by atoms with Gasteiger partial charge in [-0.25, -0.2) is 0 Å². The number of benzene rings is 1. The fourth-order valence-electron chi connectivity index (χ4n) is 3.40. The second kappa shape index (κ2) is 5.45. The SMILES string of the molecule is Cc1ccc2onc(C3CCN(CC(C)(C)C)CC3)c2c1. The largest absolute Gasteiger partial charge is 0.356 e. The maximum atomic E-state index is 5.50. The van der Waals surface area contributed by atoms with Crippen LogP contribution in [-0.4, -0.2) is 29.7 Å². The molecule has 0 spiro atoms. The lowest BCUT2D eigenvalue weighted by Crippen LogP contribution is -2.38. The van der Waals surface area contributed by atoms with Crippen molar-refractivity contribution in [3.63, 3.8) is 0 Å². The minimum atomic E-state index is 0.379. The fourth-order valence-corrected chi connectivity index (χ4v) is 3.40. The van der Waals surface area contributed by atoms with Crippen LogP contribution < -0.4 is 0 Å². The first-order valence-corrected chi connectivity index (χ1v) is 8.01. The third-order valence-electron chi connectivity index (χ3n) is 4.33. The summed E-state index contributed by atoms with van der Waals surface area (Å²) >= 11 is 0.